The number of rotatable bonds is 2. The molecule has 0 saturated carbocycles. The third-order valence-corrected chi connectivity index (χ3v) is 3.68. The molecule has 5 heteroatoms. The molecule has 0 aliphatic carbocycles. The van der Waals surface area contributed by atoms with E-state index in [4.69, 9.17) is 11.6 Å². The molecule has 1 atom stereocenters. The lowest BCUT2D eigenvalue weighted by molar-refractivity contribution is 0.490. The molecule has 0 nitrogen and oxygen atoms in total. The highest BCUT2D eigenvalue weighted by atomic mass is 79.9. The summed E-state index contributed by atoms with van der Waals surface area (Å²) in [5.41, 5.74) is 0.492. The van der Waals surface area contributed by atoms with E-state index in [2.05, 4.69) is 15.9 Å². The Hall–Kier alpha value is -1.00. The van der Waals surface area contributed by atoms with Crippen molar-refractivity contribution in [3.63, 3.8) is 0 Å². The molecule has 1 unspecified atom stereocenters. The zero-order valence-corrected chi connectivity index (χ0v) is 11.3. The Labute approximate surface area is 116 Å². The van der Waals surface area contributed by atoms with E-state index in [-0.39, 0.29) is 5.56 Å². The molecule has 0 N–H and O–H groups in total. The van der Waals surface area contributed by atoms with Crippen LogP contribution in [0.2, 0.25) is 0 Å². The molecule has 0 saturated heterocycles. The van der Waals surface area contributed by atoms with Crippen LogP contribution in [0.3, 0.4) is 0 Å². The zero-order valence-electron chi connectivity index (χ0n) is 8.93. The molecular formula is C13H7BrClF3. The van der Waals surface area contributed by atoms with Gasteiger partial charge in [0.2, 0.25) is 0 Å². The van der Waals surface area contributed by atoms with Crippen molar-refractivity contribution < 1.29 is 13.2 Å². The Kier molecular flexibility index (Phi) is 3.97. The van der Waals surface area contributed by atoms with Crippen molar-refractivity contribution >= 4 is 27.5 Å². The lowest BCUT2D eigenvalue weighted by atomic mass is 10.0. The molecule has 2 aromatic carbocycles. The van der Waals surface area contributed by atoms with E-state index in [0.717, 1.165) is 6.07 Å². The van der Waals surface area contributed by atoms with Gasteiger partial charge in [0.1, 0.15) is 5.82 Å². The maximum absolute atomic E-state index is 13.6. The Morgan fingerprint density at radius 1 is 0.889 bits per heavy atom. The van der Waals surface area contributed by atoms with Crippen LogP contribution < -0.4 is 0 Å². The van der Waals surface area contributed by atoms with Gasteiger partial charge < -0.3 is 0 Å². The highest BCUT2D eigenvalue weighted by Crippen LogP contribution is 2.35. The van der Waals surface area contributed by atoms with Gasteiger partial charge in [-0.25, -0.2) is 13.2 Å². The smallest absolute Gasteiger partial charge is 0.161 e. The van der Waals surface area contributed by atoms with Gasteiger partial charge in [-0.3, -0.25) is 0 Å². The van der Waals surface area contributed by atoms with Crippen LogP contribution in [-0.2, 0) is 0 Å². The van der Waals surface area contributed by atoms with Crippen LogP contribution in [0.4, 0.5) is 13.2 Å². The third kappa shape index (κ3) is 2.54. The Morgan fingerprint density at radius 3 is 2.17 bits per heavy atom. The van der Waals surface area contributed by atoms with E-state index in [1.807, 2.05) is 0 Å². The van der Waals surface area contributed by atoms with E-state index in [0.29, 0.717) is 16.1 Å². The van der Waals surface area contributed by atoms with Crippen LogP contribution >= 0.6 is 27.5 Å². The molecule has 0 fully saturated rings. The fourth-order valence-corrected chi connectivity index (χ4v) is 2.58. The molecule has 94 valence electrons. The number of benzene rings is 2. The summed E-state index contributed by atoms with van der Waals surface area (Å²) in [7, 11) is 0. The molecule has 0 aliphatic rings. The first-order valence-electron chi connectivity index (χ1n) is 5.03. The first kappa shape index (κ1) is 13.4. The second-order valence-corrected chi connectivity index (χ2v) is 4.96. The summed E-state index contributed by atoms with van der Waals surface area (Å²) in [6.45, 7) is 0. The van der Waals surface area contributed by atoms with Crippen molar-refractivity contribution in [3.8, 4) is 0 Å². The van der Waals surface area contributed by atoms with E-state index in [9.17, 15) is 13.2 Å². The fraction of sp³-hybridized carbons (Fsp3) is 0.0769. The minimum Gasteiger partial charge on any atom is -0.207 e. The van der Waals surface area contributed by atoms with E-state index < -0.39 is 22.8 Å². The summed E-state index contributed by atoms with van der Waals surface area (Å²) in [5.74, 6) is -3.22. The van der Waals surface area contributed by atoms with Gasteiger partial charge in [-0.1, -0.05) is 34.1 Å². The quantitative estimate of drug-likeness (QED) is 0.523. The number of hydrogen-bond acceptors (Lipinski definition) is 0. The maximum atomic E-state index is 13.6. The molecule has 0 amide bonds. The van der Waals surface area contributed by atoms with Crippen LogP contribution in [0.1, 0.15) is 16.5 Å². The van der Waals surface area contributed by atoms with Gasteiger partial charge >= 0.3 is 0 Å². The van der Waals surface area contributed by atoms with Crippen molar-refractivity contribution in [3.05, 3.63) is 69.4 Å². The lowest BCUT2D eigenvalue weighted by Gasteiger charge is -2.13. The monoisotopic (exact) mass is 334 g/mol. The largest absolute Gasteiger partial charge is 0.207 e. The first-order chi connectivity index (χ1) is 8.50. The van der Waals surface area contributed by atoms with Crippen molar-refractivity contribution in [2.45, 2.75) is 5.38 Å². The van der Waals surface area contributed by atoms with Gasteiger partial charge in [0.05, 0.1) is 5.38 Å². The summed E-state index contributed by atoms with van der Waals surface area (Å²) < 4.78 is 40.2. The number of hydrogen-bond donors (Lipinski definition) is 0. The van der Waals surface area contributed by atoms with Gasteiger partial charge in [-0.05, 0) is 17.7 Å². The molecule has 0 heterocycles. The molecule has 0 aliphatic heterocycles. The molecule has 2 aromatic rings. The highest BCUT2D eigenvalue weighted by molar-refractivity contribution is 9.10. The summed E-state index contributed by atoms with van der Waals surface area (Å²) in [6, 6.07) is 8.20. The summed E-state index contributed by atoms with van der Waals surface area (Å²) in [4.78, 5) is 0. The van der Waals surface area contributed by atoms with E-state index in [1.165, 1.54) is 0 Å². The average molecular weight is 336 g/mol. The second kappa shape index (κ2) is 5.33. The van der Waals surface area contributed by atoms with Gasteiger partial charge in [0.15, 0.2) is 11.6 Å². The minimum atomic E-state index is -1.23. The predicted molar refractivity (Wildman–Crippen MR) is 68.2 cm³/mol. The molecule has 2 rings (SSSR count). The van der Waals surface area contributed by atoms with E-state index >= 15 is 0 Å². The predicted octanol–water partition coefficient (Wildman–Crippen LogP) is 5.19. The van der Waals surface area contributed by atoms with Gasteiger partial charge in [-0.15, -0.1) is 11.6 Å². The van der Waals surface area contributed by atoms with Crippen LogP contribution in [0.15, 0.2) is 40.9 Å². The summed E-state index contributed by atoms with van der Waals surface area (Å²) >= 11 is 9.38. The molecule has 0 radical (unpaired) electrons. The zero-order chi connectivity index (χ0) is 13.3. The second-order valence-electron chi connectivity index (χ2n) is 3.67. The standard InChI is InChI=1S/C13H7BrClF3/c14-9-4-2-1-3-7(9)13(15)8-5-11(17)12(18)6-10(8)16/h1-6,13H. The molecule has 0 spiro atoms. The number of halogens is 5. The number of alkyl halides is 1. The summed E-state index contributed by atoms with van der Waals surface area (Å²) in [6.07, 6.45) is 0. The van der Waals surface area contributed by atoms with Crippen LogP contribution in [0.25, 0.3) is 0 Å². The molecule has 0 aromatic heterocycles. The maximum Gasteiger partial charge on any atom is 0.161 e. The topological polar surface area (TPSA) is 0 Å². The minimum absolute atomic E-state index is 0.0949. The summed E-state index contributed by atoms with van der Waals surface area (Å²) in [5, 5.41) is -0.893. The molecule has 18 heavy (non-hydrogen) atoms. The van der Waals surface area contributed by atoms with E-state index in [1.54, 1.807) is 24.3 Å². The van der Waals surface area contributed by atoms with Crippen molar-refractivity contribution in [2.75, 3.05) is 0 Å². The van der Waals surface area contributed by atoms with Crippen LogP contribution in [-0.4, -0.2) is 0 Å². The Balaban J connectivity index is 2.50. The van der Waals surface area contributed by atoms with Crippen molar-refractivity contribution in [1.82, 2.24) is 0 Å². The first-order valence-corrected chi connectivity index (χ1v) is 6.26. The third-order valence-electron chi connectivity index (χ3n) is 2.49. The highest BCUT2D eigenvalue weighted by Gasteiger charge is 2.20. The Bertz CT molecular complexity index is 586. The van der Waals surface area contributed by atoms with Crippen molar-refractivity contribution in [2.24, 2.45) is 0 Å². The lowest BCUT2D eigenvalue weighted by Crippen LogP contribution is -2.00. The molecule has 0 bridgehead atoms. The van der Waals surface area contributed by atoms with Gasteiger partial charge in [0.25, 0.3) is 0 Å². The molecular weight excluding hydrogens is 328 g/mol. The van der Waals surface area contributed by atoms with Crippen LogP contribution in [0.5, 0.6) is 0 Å². The average Bonchev–Trinajstić information content (AvgIpc) is 2.33. The SMILES string of the molecule is Fc1cc(F)c(C(Cl)c2ccccc2Br)cc1F. The van der Waals surface area contributed by atoms with Crippen LogP contribution in [0, 0.1) is 17.5 Å². The Morgan fingerprint density at radius 2 is 1.50 bits per heavy atom. The normalized spacial score (nSPS) is 12.5. The van der Waals surface area contributed by atoms with Crippen molar-refractivity contribution in [1.29, 1.82) is 0 Å². The van der Waals surface area contributed by atoms with Gasteiger partial charge in [-0.2, -0.15) is 0 Å². The van der Waals surface area contributed by atoms with Gasteiger partial charge in [0, 0.05) is 16.1 Å². The fourth-order valence-electron chi connectivity index (χ4n) is 1.58.